The summed E-state index contributed by atoms with van der Waals surface area (Å²) in [4.78, 5) is 0. The summed E-state index contributed by atoms with van der Waals surface area (Å²) in [5, 5.41) is 0. The van der Waals surface area contributed by atoms with E-state index in [9.17, 15) is 0 Å². The zero-order chi connectivity index (χ0) is 12.0. The predicted octanol–water partition coefficient (Wildman–Crippen LogP) is 3.38. The zero-order valence-electron chi connectivity index (χ0n) is 10.5. The molecule has 0 saturated heterocycles. The monoisotopic (exact) mass is 236 g/mol. The van der Waals surface area contributed by atoms with Crippen molar-refractivity contribution in [3.8, 4) is 0 Å². The van der Waals surface area contributed by atoms with Gasteiger partial charge in [-0.05, 0) is 29.8 Å². The van der Waals surface area contributed by atoms with Crippen LogP contribution in [0.1, 0.15) is 19.4 Å². The Morgan fingerprint density at radius 2 is 1.75 bits per heavy atom. The van der Waals surface area contributed by atoms with Crippen LogP contribution >= 0.6 is 0 Å². The zero-order valence-corrected chi connectivity index (χ0v) is 11.5. The van der Waals surface area contributed by atoms with Crippen LogP contribution in [0.3, 0.4) is 0 Å². The van der Waals surface area contributed by atoms with Crippen molar-refractivity contribution in [3.63, 3.8) is 0 Å². The van der Waals surface area contributed by atoms with E-state index < -0.39 is 8.56 Å². The minimum absolute atomic E-state index is 0.921. The van der Waals surface area contributed by atoms with E-state index in [1.54, 1.807) is 14.2 Å². The van der Waals surface area contributed by atoms with E-state index in [4.69, 9.17) is 8.85 Å². The van der Waals surface area contributed by atoms with Crippen molar-refractivity contribution in [1.29, 1.82) is 0 Å². The predicted molar refractivity (Wildman–Crippen MR) is 70.3 cm³/mol. The number of benzene rings is 1. The molecule has 0 unspecified atom stereocenters. The number of hydrogen-bond donors (Lipinski definition) is 0. The highest BCUT2D eigenvalue weighted by molar-refractivity contribution is 6.73. The Morgan fingerprint density at radius 1 is 1.19 bits per heavy atom. The third kappa shape index (κ3) is 3.04. The molecule has 0 spiro atoms. The Balaban J connectivity index is 2.99. The lowest BCUT2D eigenvalue weighted by Crippen LogP contribution is -2.37. The molecule has 1 aromatic carbocycles. The molecule has 1 rings (SSSR count). The highest BCUT2D eigenvalue weighted by Crippen LogP contribution is 2.20. The summed E-state index contributed by atoms with van der Waals surface area (Å²) in [6, 6.07) is 11.2. The Hall–Kier alpha value is -0.903. The normalized spacial score (nSPS) is 12.9. The Bertz CT molecular complexity index is 334. The first kappa shape index (κ1) is 13.2. The van der Waals surface area contributed by atoms with E-state index in [0.717, 1.165) is 6.04 Å². The maximum atomic E-state index is 5.57. The van der Waals surface area contributed by atoms with E-state index in [2.05, 4.69) is 31.7 Å². The van der Waals surface area contributed by atoms with Gasteiger partial charge in [0.05, 0.1) is 0 Å². The third-order valence-electron chi connectivity index (χ3n) is 2.85. The molecule has 0 bridgehead atoms. The van der Waals surface area contributed by atoms with Crippen LogP contribution in [-0.4, -0.2) is 22.8 Å². The molecule has 0 N–H and O–H groups in total. The van der Waals surface area contributed by atoms with Crippen LogP contribution in [-0.2, 0) is 8.85 Å². The summed E-state index contributed by atoms with van der Waals surface area (Å²) in [6.45, 7) is 4.21. The van der Waals surface area contributed by atoms with E-state index in [1.165, 1.54) is 11.1 Å². The van der Waals surface area contributed by atoms with Gasteiger partial charge in [-0.15, -0.1) is 0 Å². The molecule has 16 heavy (non-hydrogen) atoms. The third-order valence-corrected chi connectivity index (χ3v) is 6.09. The largest absolute Gasteiger partial charge is 0.395 e. The molecule has 0 amide bonds. The van der Waals surface area contributed by atoms with Crippen molar-refractivity contribution in [2.24, 2.45) is 0 Å². The molecule has 3 heteroatoms. The van der Waals surface area contributed by atoms with Gasteiger partial charge in [0.25, 0.3) is 0 Å². The summed E-state index contributed by atoms with van der Waals surface area (Å²) in [6.07, 6.45) is 0. The van der Waals surface area contributed by atoms with Gasteiger partial charge in [0, 0.05) is 14.2 Å². The van der Waals surface area contributed by atoms with Crippen LogP contribution in [0.5, 0.6) is 0 Å². The Morgan fingerprint density at radius 3 is 2.19 bits per heavy atom. The fourth-order valence-electron chi connectivity index (χ4n) is 1.71. The van der Waals surface area contributed by atoms with Crippen molar-refractivity contribution in [2.45, 2.75) is 19.9 Å². The van der Waals surface area contributed by atoms with Crippen molar-refractivity contribution >= 4 is 14.1 Å². The fraction of sp³-hybridized carbons (Fsp3) is 0.385. The van der Waals surface area contributed by atoms with E-state index in [0.29, 0.717) is 0 Å². The first-order valence-corrected chi connectivity index (χ1v) is 7.62. The SMILES string of the molecule is CC[Si](C=C(C)c1ccccc1)(OC)OC. The van der Waals surface area contributed by atoms with Crippen LogP contribution in [0.2, 0.25) is 6.04 Å². The van der Waals surface area contributed by atoms with E-state index >= 15 is 0 Å². The van der Waals surface area contributed by atoms with Crippen molar-refractivity contribution in [2.75, 3.05) is 14.2 Å². The quantitative estimate of drug-likeness (QED) is 0.730. The highest BCUT2D eigenvalue weighted by Gasteiger charge is 2.30. The van der Waals surface area contributed by atoms with Crippen LogP contribution in [0, 0.1) is 0 Å². The summed E-state index contributed by atoms with van der Waals surface area (Å²) >= 11 is 0. The molecule has 0 saturated carbocycles. The van der Waals surface area contributed by atoms with Gasteiger partial charge < -0.3 is 8.85 Å². The Labute approximate surface area is 99.2 Å². The lowest BCUT2D eigenvalue weighted by molar-refractivity contribution is 0.257. The van der Waals surface area contributed by atoms with Crippen LogP contribution < -0.4 is 0 Å². The van der Waals surface area contributed by atoms with Crippen molar-refractivity contribution in [3.05, 3.63) is 41.6 Å². The summed E-state index contributed by atoms with van der Waals surface area (Å²) in [5.41, 5.74) is 4.61. The second-order valence-electron chi connectivity index (χ2n) is 3.77. The summed E-state index contributed by atoms with van der Waals surface area (Å²) in [7, 11) is 1.34. The molecule has 0 radical (unpaired) electrons. The van der Waals surface area contributed by atoms with Crippen molar-refractivity contribution < 1.29 is 8.85 Å². The molecule has 0 aliphatic heterocycles. The van der Waals surface area contributed by atoms with Gasteiger partial charge in [0.2, 0.25) is 0 Å². The first-order valence-electron chi connectivity index (χ1n) is 5.52. The smallest absolute Gasteiger partial charge is 0.364 e. The summed E-state index contributed by atoms with van der Waals surface area (Å²) < 4.78 is 11.1. The standard InChI is InChI=1S/C13H20O2Si/c1-5-16(14-3,15-4)11-12(2)13-9-7-6-8-10-13/h6-11H,5H2,1-4H3. The minimum atomic E-state index is -2.13. The van der Waals surface area contributed by atoms with E-state index in [1.807, 2.05) is 18.2 Å². The molecule has 0 atom stereocenters. The minimum Gasteiger partial charge on any atom is -0.395 e. The fourth-order valence-corrected chi connectivity index (χ4v) is 3.72. The number of hydrogen-bond acceptors (Lipinski definition) is 2. The molecule has 88 valence electrons. The Kier molecular flexibility index (Phi) is 4.93. The molecule has 0 aliphatic rings. The van der Waals surface area contributed by atoms with Gasteiger partial charge >= 0.3 is 8.56 Å². The second-order valence-corrected chi connectivity index (χ2v) is 7.20. The lowest BCUT2D eigenvalue weighted by atomic mass is 10.1. The molecule has 1 aromatic rings. The molecule has 0 heterocycles. The van der Waals surface area contributed by atoms with Crippen LogP contribution in [0.25, 0.3) is 5.57 Å². The number of rotatable bonds is 5. The van der Waals surface area contributed by atoms with Crippen LogP contribution in [0.15, 0.2) is 36.0 Å². The molecule has 0 fully saturated rings. The molecular weight excluding hydrogens is 216 g/mol. The second kappa shape index (κ2) is 5.99. The van der Waals surface area contributed by atoms with E-state index in [-0.39, 0.29) is 0 Å². The highest BCUT2D eigenvalue weighted by atomic mass is 28.4. The first-order chi connectivity index (χ1) is 7.67. The van der Waals surface area contributed by atoms with Crippen molar-refractivity contribution in [1.82, 2.24) is 0 Å². The van der Waals surface area contributed by atoms with Crippen LogP contribution in [0.4, 0.5) is 0 Å². The molecule has 0 aromatic heterocycles. The molecule has 2 nitrogen and oxygen atoms in total. The topological polar surface area (TPSA) is 18.5 Å². The van der Waals surface area contributed by atoms with Gasteiger partial charge in [-0.1, -0.05) is 37.3 Å². The maximum Gasteiger partial charge on any atom is 0.364 e. The van der Waals surface area contributed by atoms with Gasteiger partial charge in [-0.3, -0.25) is 0 Å². The average Bonchev–Trinajstić information content (AvgIpc) is 2.37. The van der Waals surface area contributed by atoms with Gasteiger partial charge in [0.15, 0.2) is 0 Å². The number of allylic oxidation sites excluding steroid dienone is 1. The maximum absolute atomic E-state index is 5.57. The summed E-state index contributed by atoms with van der Waals surface area (Å²) in [5.74, 6) is 0. The molecular formula is C13H20O2Si. The van der Waals surface area contributed by atoms with Gasteiger partial charge in [-0.25, -0.2) is 0 Å². The molecule has 0 aliphatic carbocycles. The average molecular weight is 236 g/mol. The lowest BCUT2D eigenvalue weighted by Gasteiger charge is -2.23. The van der Waals surface area contributed by atoms with Gasteiger partial charge in [0.1, 0.15) is 0 Å². The van der Waals surface area contributed by atoms with Gasteiger partial charge in [-0.2, -0.15) is 0 Å².